The SMILES string of the molecule is Nc1ccnc(N2CC(S(N)(=O)=O)CC2=O)n1. The standard InChI is InChI=1S/C8H11N5O3S/c9-6-1-2-11-8(12-6)13-4-5(3-7(13)14)17(10,15)16/h1-2,5H,3-4H2,(H2,9,11,12)(H2,10,15,16). The van der Waals surface area contributed by atoms with E-state index in [2.05, 4.69) is 9.97 Å². The van der Waals surface area contributed by atoms with E-state index in [0.29, 0.717) is 0 Å². The summed E-state index contributed by atoms with van der Waals surface area (Å²) in [7, 11) is -3.74. The largest absolute Gasteiger partial charge is 0.384 e. The van der Waals surface area contributed by atoms with E-state index in [4.69, 9.17) is 10.9 Å². The van der Waals surface area contributed by atoms with E-state index in [1.165, 1.54) is 17.2 Å². The molecule has 0 radical (unpaired) electrons. The molecule has 1 aliphatic heterocycles. The molecule has 0 spiro atoms. The summed E-state index contributed by atoms with van der Waals surface area (Å²) in [5, 5.41) is 4.08. The van der Waals surface area contributed by atoms with E-state index in [-0.39, 0.29) is 30.6 Å². The number of anilines is 2. The minimum Gasteiger partial charge on any atom is -0.384 e. The first kappa shape index (κ1) is 11.7. The molecule has 17 heavy (non-hydrogen) atoms. The summed E-state index contributed by atoms with van der Waals surface area (Å²) >= 11 is 0. The average molecular weight is 257 g/mol. The van der Waals surface area contributed by atoms with Crippen LogP contribution >= 0.6 is 0 Å². The van der Waals surface area contributed by atoms with E-state index in [9.17, 15) is 13.2 Å². The Morgan fingerprint density at radius 2 is 2.18 bits per heavy atom. The molecule has 0 bridgehead atoms. The number of nitrogen functional groups attached to an aromatic ring is 1. The van der Waals surface area contributed by atoms with Gasteiger partial charge in [0.05, 0.1) is 0 Å². The Morgan fingerprint density at radius 3 is 2.71 bits per heavy atom. The molecule has 2 heterocycles. The van der Waals surface area contributed by atoms with Crippen molar-refractivity contribution in [3.05, 3.63) is 12.3 Å². The summed E-state index contributed by atoms with van der Waals surface area (Å²) in [6.07, 6.45) is 1.24. The molecule has 1 unspecified atom stereocenters. The van der Waals surface area contributed by atoms with Gasteiger partial charge in [0.2, 0.25) is 21.9 Å². The summed E-state index contributed by atoms with van der Waals surface area (Å²) in [6, 6.07) is 1.47. The Labute approximate surface area is 97.7 Å². The van der Waals surface area contributed by atoms with E-state index < -0.39 is 15.3 Å². The molecule has 1 aromatic rings. The molecule has 0 saturated carbocycles. The smallest absolute Gasteiger partial charge is 0.234 e. The first-order chi connectivity index (χ1) is 7.88. The van der Waals surface area contributed by atoms with Gasteiger partial charge in [-0.05, 0) is 6.07 Å². The Morgan fingerprint density at radius 1 is 1.47 bits per heavy atom. The number of carbonyl (C=O) groups is 1. The van der Waals surface area contributed by atoms with Crippen molar-refractivity contribution < 1.29 is 13.2 Å². The normalized spacial score (nSPS) is 20.9. The fourth-order valence-corrected chi connectivity index (χ4v) is 2.31. The Balaban J connectivity index is 2.28. The Hall–Kier alpha value is -1.74. The summed E-state index contributed by atoms with van der Waals surface area (Å²) in [5.74, 6) is -0.0716. The van der Waals surface area contributed by atoms with Gasteiger partial charge < -0.3 is 5.73 Å². The fraction of sp³-hybridized carbons (Fsp3) is 0.375. The zero-order valence-electron chi connectivity index (χ0n) is 8.78. The van der Waals surface area contributed by atoms with Crippen LogP contribution in [0.15, 0.2) is 12.3 Å². The first-order valence-corrected chi connectivity index (χ1v) is 6.39. The van der Waals surface area contributed by atoms with Gasteiger partial charge >= 0.3 is 0 Å². The minimum atomic E-state index is -3.74. The molecule has 0 aromatic carbocycles. The number of amides is 1. The van der Waals surface area contributed by atoms with Crippen LogP contribution in [0.25, 0.3) is 0 Å². The molecule has 92 valence electrons. The monoisotopic (exact) mass is 257 g/mol. The van der Waals surface area contributed by atoms with Crippen LogP contribution in [0.2, 0.25) is 0 Å². The number of nitrogens with two attached hydrogens (primary N) is 2. The molecule has 4 N–H and O–H groups in total. The van der Waals surface area contributed by atoms with Crippen LogP contribution in [-0.4, -0.2) is 36.1 Å². The summed E-state index contributed by atoms with van der Waals surface area (Å²) < 4.78 is 22.3. The number of carbonyl (C=O) groups excluding carboxylic acids is 1. The van der Waals surface area contributed by atoms with E-state index in [0.717, 1.165) is 0 Å². The molecule has 0 aliphatic carbocycles. The van der Waals surface area contributed by atoms with Crippen LogP contribution in [0.5, 0.6) is 0 Å². The number of hydrogen-bond acceptors (Lipinski definition) is 6. The molecule has 8 nitrogen and oxygen atoms in total. The average Bonchev–Trinajstić information content (AvgIpc) is 2.60. The van der Waals surface area contributed by atoms with Crippen LogP contribution in [0.3, 0.4) is 0 Å². The lowest BCUT2D eigenvalue weighted by molar-refractivity contribution is -0.117. The van der Waals surface area contributed by atoms with Crippen LogP contribution < -0.4 is 15.8 Å². The lowest BCUT2D eigenvalue weighted by atomic mass is 10.4. The molecule has 1 aliphatic rings. The molecule has 1 saturated heterocycles. The number of sulfonamides is 1. The summed E-state index contributed by atoms with van der Waals surface area (Å²) in [6.45, 7) is -0.0406. The second-order valence-corrected chi connectivity index (χ2v) is 5.55. The van der Waals surface area contributed by atoms with E-state index >= 15 is 0 Å². The molecular formula is C8H11N5O3S. The predicted molar refractivity (Wildman–Crippen MR) is 60.3 cm³/mol. The van der Waals surface area contributed by atoms with Crippen molar-refractivity contribution >= 4 is 27.7 Å². The van der Waals surface area contributed by atoms with Gasteiger partial charge in [0.25, 0.3) is 0 Å². The number of hydrogen-bond donors (Lipinski definition) is 2. The molecule has 1 aromatic heterocycles. The minimum absolute atomic E-state index is 0.0406. The quantitative estimate of drug-likeness (QED) is 0.659. The summed E-state index contributed by atoms with van der Waals surface area (Å²) in [4.78, 5) is 20.5. The van der Waals surface area contributed by atoms with Crippen molar-refractivity contribution in [3.8, 4) is 0 Å². The zero-order valence-corrected chi connectivity index (χ0v) is 9.59. The van der Waals surface area contributed by atoms with Gasteiger partial charge in [-0.3, -0.25) is 9.69 Å². The second kappa shape index (κ2) is 3.93. The molecule has 9 heteroatoms. The number of primary sulfonamides is 1. The third-order valence-corrected chi connectivity index (χ3v) is 3.70. The third-order valence-electron chi connectivity index (χ3n) is 2.46. The third kappa shape index (κ3) is 2.34. The van der Waals surface area contributed by atoms with Gasteiger partial charge in [-0.1, -0.05) is 0 Å². The predicted octanol–water partition coefficient (Wildman–Crippen LogP) is -1.55. The Kier molecular flexibility index (Phi) is 2.71. The molecular weight excluding hydrogens is 246 g/mol. The topological polar surface area (TPSA) is 132 Å². The zero-order chi connectivity index (χ0) is 12.6. The van der Waals surface area contributed by atoms with Crippen molar-refractivity contribution in [3.63, 3.8) is 0 Å². The molecule has 1 atom stereocenters. The number of rotatable bonds is 2. The van der Waals surface area contributed by atoms with Crippen molar-refractivity contribution in [1.82, 2.24) is 9.97 Å². The van der Waals surface area contributed by atoms with Crippen LogP contribution in [0.1, 0.15) is 6.42 Å². The highest BCUT2D eigenvalue weighted by atomic mass is 32.2. The lowest BCUT2D eigenvalue weighted by Crippen LogP contribution is -2.32. The van der Waals surface area contributed by atoms with Crippen molar-refractivity contribution in [2.24, 2.45) is 5.14 Å². The van der Waals surface area contributed by atoms with E-state index in [1.54, 1.807) is 0 Å². The van der Waals surface area contributed by atoms with Gasteiger partial charge in [-0.25, -0.2) is 18.5 Å². The first-order valence-electron chi connectivity index (χ1n) is 4.78. The van der Waals surface area contributed by atoms with Gasteiger partial charge in [0, 0.05) is 19.2 Å². The second-order valence-electron chi connectivity index (χ2n) is 3.70. The highest BCUT2D eigenvalue weighted by molar-refractivity contribution is 7.89. The van der Waals surface area contributed by atoms with E-state index in [1.807, 2.05) is 0 Å². The van der Waals surface area contributed by atoms with Gasteiger partial charge in [0.1, 0.15) is 11.1 Å². The van der Waals surface area contributed by atoms with Crippen molar-refractivity contribution in [2.75, 3.05) is 17.2 Å². The number of aromatic nitrogens is 2. The lowest BCUT2D eigenvalue weighted by Gasteiger charge is -2.13. The van der Waals surface area contributed by atoms with Gasteiger partial charge in [-0.2, -0.15) is 4.98 Å². The highest BCUT2D eigenvalue weighted by Gasteiger charge is 2.38. The molecule has 1 fully saturated rings. The Bertz CT molecular complexity index is 558. The maximum absolute atomic E-state index is 11.6. The maximum Gasteiger partial charge on any atom is 0.234 e. The van der Waals surface area contributed by atoms with Crippen LogP contribution in [-0.2, 0) is 14.8 Å². The number of nitrogens with zero attached hydrogens (tertiary/aromatic N) is 3. The molecule has 1 amide bonds. The fourth-order valence-electron chi connectivity index (χ4n) is 1.58. The molecule has 2 rings (SSSR count). The maximum atomic E-state index is 11.6. The van der Waals surface area contributed by atoms with Gasteiger partial charge in [0.15, 0.2) is 0 Å². The van der Waals surface area contributed by atoms with Crippen LogP contribution in [0.4, 0.5) is 11.8 Å². The van der Waals surface area contributed by atoms with Gasteiger partial charge in [-0.15, -0.1) is 0 Å². The summed E-state index contributed by atoms with van der Waals surface area (Å²) in [5.41, 5.74) is 5.46. The van der Waals surface area contributed by atoms with Crippen LogP contribution in [0, 0.1) is 0 Å². The van der Waals surface area contributed by atoms with Crippen molar-refractivity contribution in [1.29, 1.82) is 0 Å². The van der Waals surface area contributed by atoms with Crippen molar-refractivity contribution in [2.45, 2.75) is 11.7 Å². The highest BCUT2D eigenvalue weighted by Crippen LogP contribution is 2.21.